The Balaban J connectivity index is 2.57. The Labute approximate surface area is 92.5 Å². The molecule has 0 saturated carbocycles. The van der Waals surface area contributed by atoms with E-state index in [9.17, 15) is 9.90 Å². The van der Waals surface area contributed by atoms with Crippen LogP contribution in [-0.2, 0) is 16.6 Å². The first kappa shape index (κ1) is 12.1. The number of esters is 1. The van der Waals surface area contributed by atoms with Crippen LogP contribution in [0.2, 0.25) is 0 Å². The minimum atomic E-state index is -1.48. The average Bonchev–Trinajstić information content (AvgIpc) is 2.60. The van der Waals surface area contributed by atoms with E-state index in [4.69, 9.17) is 0 Å². The highest BCUT2D eigenvalue weighted by Gasteiger charge is 2.31. The zero-order valence-electron chi connectivity index (χ0n) is 8.93. The molecule has 15 heavy (non-hydrogen) atoms. The van der Waals surface area contributed by atoms with Gasteiger partial charge in [0.25, 0.3) is 0 Å². The fraction of sp³-hybridized carbons (Fsp3) is 0.556. The van der Waals surface area contributed by atoms with Crippen molar-refractivity contribution >= 4 is 17.7 Å². The molecule has 0 saturated heterocycles. The number of ether oxygens (including phenoxy) is 1. The first-order valence-corrected chi connectivity index (χ1v) is 5.37. The molecule has 1 unspecified atom stereocenters. The lowest BCUT2D eigenvalue weighted by atomic mass is 10.1. The van der Waals surface area contributed by atoms with Gasteiger partial charge in [-0.2, -0.15) is 0 Å². The standard InChI is InChI=1S/C9H14N2O3S/c1-9(13,7(12)14-3)6-15-8-10-4-5-11(8)2/h4-5,13H,6H2,1-3H3. The molecule has 0 aliphatic carbocycles. The molecule has 0 amide bonds. The van der Waals surface area contributed by atoms with Gasteiger partial charge in [0.05, 0.1) is 7.11 Å². The third kappa shape index (κ3) is 2.97. The number of methoxy groups -OCH3 is 1. The van der Waals surface area contributed by atoms with Crippen LogP contribution in [0.5, 0.6) is 0 Å². The van der Waals surface area contributed by atoms with Crippen molar-refractivity contribution in [1.82, 2.24) is 9.55 Å². The molecule has 0 bridgehead atoms. The molecule has 6 heteroatoms. The second-order valence-electron chi connectivity index (χ2n) is 3.37. The summed E-state index contributed by atoms with van der Waals surface area (Å²) in [6, 6.07) is 0. The number of aromatic nitrogens is 2. The smallest absolute Gasteiger partial charge is 0.338 e. The van der Waals surface area contributed by atoms with Crippen LogP contribution in [0.1, 0.15) is 6.92 Å². The van der Waals surface area contributed by atoms with Crippen molar-refractivity contribution in [3.8, 4) is 0 Å². The molecule has 1 N–H and O–H groups in total. The summed E-state index contributed by atoms with van der Waals surface area (Å²) in [4.78, 5) is 15.2. The van der Waals surface area contributed by atoms with E-state index in [1.165, 1.54) is 25.8 Å². The van der Waals surface area contributed by atoms with Crippen LogP contribution in [0.4, 0.5) is 0 Å². The second kappa shape index (κ2) is 4.67. The molecule has 1 aromatic rings. The van der Waals surface area contributed by atoms with Gasteiger partial charge in [-0.05, 0) is 6.92 Å². The zero-order valence-corrected chi connectivity index (χ0v) is 9.74. The summed E-state index contributed by atoms with van der Waals surface area (Å²) in [6.45, 7) is 1.43. The van der Waals surface area contributed by atoms with E-state index in [0.29, 0.717) is 0 Å². The molecular formula is C9H14N2O3S. The van der Waals surface area contributed by atoms with Crippen molar-refractivity contribution in [2.24, 2.45) is 7.05 Å². The average molecular weight is 230 g/mol. The second-order valence-corrected chi connectivity index (χ2v) is 4.32. The predicted octanol–water partition coefficient (Wildman–Crippen LogP) is 0.436. The van der Waals surface area contributed by atoms with Gasteiger partial charge in [0.2, 0.25) is 0 Å². The molecule has 5 nitrogen and oxygen atoms in total. The van der Waals surface area contributed by atoms with Crippen LogP contribution in [0.3, 0.4) is 0 Å². The van der Waals surface area contributed by atoms with Crippen molar-refractivity contribution in [2.45, 2.75) is 17.7 Å². The Morgan fingerprint density at radius 2 is 2.47 bits per heavy atom. The van der Waals surface area contributed by atoms with Gasteiger partial charge in [0, 0.05) is 25.2 Å². The van der Waals surface area contributed by atoms with Gasteiger partial charge in [0.1, 0.15) is 0 Å². The number of carbonyl (C=O) groups excluding carboxylic acids is 1. The summed E-state index contributed by atoms with van der Waals surface area (Å²) in [5.41, 5.74) is -1.48. The number of hydrogen-bond acceptors (Lipinski definition) is 5. The van der Waals surface area contributed by atoms with Crippen molar-refractivity contribution in [1.29, 1.82) is 0 Å². The quantitative estimate of drug-likeness (QED) is 0.600. The van der Waals surface area contributed by atoms with E-state index in [0.717, 1.165) is 5.16 Å². The number of hydrogen-bond donors (Lipinski definition) is 1. The number of imidazole rings is 1. The Kier molecular flexibility index (Phi) is 3.76. The van der Waals surface area contributed by atoms with E-state index in [1.54, 1.807) is 12.4 Å². The minimum Gasteiger partial charge on any atom is -0.467 e. The van der Waals surface area contributed by atoms with E-state index >= 15 is 0 Å². The van der Waals surface area contributed by atoms with Gasteiger partial charge in [-0.25, -0.2) is 9.78 Å². The summed E-state index contributed by atoms with van der Waals surface area (Å²) in [5, 5.41) is 10.5. The Hall–Kier alpha value is -1.01. The van der Waals surface area contributed by atoms with E-state index in [-0.39, 0.29) is 5.75 Å². The number of rotatable bonds is 4. The molecule has 1 heterocycles. The highest BCUT2D eigenvalue weighted by atomic mass is 32.2. The monoisotopic (exact) mass is 230 g/mol. The number of carbonyl (C=O) groups is 1. The minimum absolute atomic E-state index is 0.213. The van der Waals surface area contributed by atoms with Crippen LogP contribution in [0.15, 0.2) is 17.6 Å². The van der Waals surface area contributed by atoms with Crippen LogP contribution in [-0.4, -0.2) is 39.1 Å². The van der Waals surface area contributed by atoms with E-state index in [2.05, 4.69) is 9.72 Å². The zero-order chi connectivity index (χ0) is 11.5. The van der Waals surface area contributed by atoms with Crippen molar-refractivity contribution < 1.29 is 14.6 Å². The first-order valence-electron chi connectivity index (χ1n) is 4.38. The third-order valence-corrected chi connectivity index (χ3v) is 3.24. The molecule has 0 aromatic carbocycles. The molecule has 0 fully saturated rings. The van der Waals surface area contributed by atoms with Gasteiger partial charge in [-0.3, -0.25) is 0 Å². The summed E-state index contributed by atoms with van der Waals surface area (Å²) in [7, 11) is 3.10. The highest BCUT2D eigenvalue weighted by molar-refractivity contribution is 7.99. The maximum Gasteiger partial charge on any atom is 0.338 e. The van der Waals surface area contributed by atoms with Crippen molar-refractivity contribution in [3.63, 3.8) is 0 Å². The molecule has 0 aliphatic heterocycles. The topological polar surface area (TPSA) is 64.3 Å². The molecular weight excluding hydrogens is 216 g/mol. The molecule has 1 aromatic heterocycles. The van der Waals surface area contributed by atoms with Gasteiger partial charge < -0.3 is 14.4 Å². The fourth-order valence-corrected chi connectivity index (χ4v) is 1.90. The van der Waals surface area contributed by atoms with Crippen LogP contribution in [0.25, 0.3) is 0 Å². The highest BCUT2D eigenvalue weighted by Crippen LogP contribution is 2.21. The number of nitrogens with zero attached hydrogens (tertiary/aromatic N) is 2. The van der Waals surface area contributed by atoms with Crippen LogP contribution in [0, 0.1) is 0 Å². The van der Waals surface area contributed by atoms with Gasteiger partial charge in [-0.15, -0.1) is 0 Å². The molecule has 0 spiro atoms. The Bertz CT molecular complexity index is 349. The first-order chi connectivity index (χ1) is 6.97. The summed E-state index contributed by atoms with van der Waals surface area (Å²) in [6.07, 6.45) is 3.46. The van der Waals surface area contributed by atoms with Gasteiger partial charge in [-0.1, -0.05) is 11.8 Å². The molecule has 84 valence electrons. The Morgan fingerprint density at radius 3 is 2.93 bits per heavy atom. The molecule has 0 aliphatic rings. The number of aliphatic hydroxyl groups is 1. The lowest BCUT2D eigenvalue weighted by Gasteiger charge is -2.18. The lowest BCUT2D eigenvalue weighted by Crippen LogP contribution is -2.38. The van der Waals surface area contributed by atoms with Crippen LogP contribution < -0.4 is 0 Å². The molecule has 0 radical (unpaired) electrons. The summed E-state index contributed by atoms with van der Waals surface area (Å²) in [5.74, 6) is -0.422. The fourth-order valence-electron chi connectivity index (χ4n) is 0.975. The largest absolute Gasteiger partial charge is 0.467 e. The molecule has 1 atom stereocenters. The lowest BCUT2D eigenvalue weighted by molar-refractivity contribution is -0.158. The maximum atomic E-state index is 11.2. The normalized spacial score (nSPS) is 14.7. The van der Waals surface area contributed by atoms with Crippen molar-refractivity contribution in [3.05, 3.63) is 12.4 Å². The van der Waals surface area contributed by atoms with Gasteiger partial charge in [0.15, 0.2) is 10.8 Å². The SMILES string of the molecule is COC(=O)C(C)(O)CSc1nccn1C. The predicted molar refractivity (Wildman–Crippen MR) is 56.6 cm³/mol. The summed E-state index contributed by atoms with van der Waals surface area (Å²) < 4.78 is 6.30. The van der Waals surface area contributed by atoms with E-state index in [1.807, 2.05) is 11.6 Å². The third-order valence-electron chi connectivity index (χ3n) is 1.88. The van der Waals surface area contributed by atoms with Gasteiger partial charge >= 0.3 is 5.97 Å². The van der Waals surface area contributed by atoms with Crippen LogP contribution >= 0.6 is 11.8 Å². The molecule has 1 rings (SSSR count). The number of thioether (sulfide) groups is 1. The number of aryl methyl sites for hydroxylation is 1. The Morgan fingerprint density at radius 1 is 1.80 bits per heavy atom. The van der Waals surface area contributed by atoms with E-state index < -0.39 is 11.6 Å². The maximum absolute atomic E-state index is 11.2. The summed E-state index contributed by atoms with van der Waals surface area (Å²) >= 11 is 1.31. The van der Waals surface area contributed by atoms with Crippen molar-refractivity contribution in [2.75, 3.05) is 12.9 Å².